The molecule has 1 atom stereocenters. The maximum absolute atomic E-state index is 12.8. The van der Waals surface area contributed by atoms with E-state index in [0.717, 1.165) is 45.0 Å². The number of carbonyl (C=O) groups excluding carboxylic acids is 1. The summed E-state index contributed by atoms with van der Waals surface area (Å²) in [7, 11) is 1.66. The van der Waals surface area contributed by atoms with E-state index in [1.54, 1.807) is 25.4 Å². The highest BCUT2D eigenvalue weighted by Crippen LogP contribution is 2.37. The second-order valence-corrected chi connectivity index (χ2v) is 8.28. The molecule has 2 aromatic heterocycles. The number of aromatic amines is 1. The van der Waals surface area contributed by atoms with Gasteiger partial charge >= 0.3 is 0 Å². The maximum atomic E-state index is 12.8. The van der Waals surface area contributed by atoms with Gasteiger partial charge in [0.15, 0.2) is 0 Å². The Morgan fingerprint density at radius 1 is 0.943 bits per heavy atom. The number of fused-ring (bicyclic) bond motifs is 1. The fourth-order valence-electron chi connectivity index (χ4n) is 4.35. The molecular weight excluding hydrogens is 436 g/mol. The van der Waals surface area contributed by atoms with Crippen molar-refractivity contribution in [3.63, 3.8) is 0 Å². The normalized spacial score (nSPS) is 11.7. The molecular formula is C29H26N4O2. The Bertz CT molecular complexity index is 1460. The molecule has 2 heterocycles. The summed E-state index contributed by atoms with van der Waals surface area (Å²) in [5.41, 5.74) is 6.14. The van der Waals surface area contributed by atoms with Crippen LogP contribution in [0.4, 0.5) is 11.4 Å². The highest BCUT2D eigenvalue weighted by molar-refractivity contribution is 6.05. The van der Waals surface area contributed by atoms with Crippen LogP contribution >= 0.6 is 0 Å². The minimum Gasteiger partial charge on any atom is -0.495 e. The van der Waals surface area contributed by atoms with Crippen molar-refractivity contribution in [3.8, 4) is 5.75 Å². The lowest BCUT2D eigenvalue weighted by Gasteiger charge is -2.22. The van der Waals surface area contributed by atoms with Crippen LogP contribution in [-0.4, -0.2) is 23.0 Å². The van der Waals surface area contributed by atoms with E-state index in [-0.39, 0.29) is 11.9 Å². The van der Waals surface area contributed by atoms with Gasteiger partial charge in [0.2, 0.25) is 0 Å². The molecule has 0 saturated heterocycles. The number of benzene rings is 3. The lowest BCUT2D eigenvalue weighted by Crippen LogP contribution is -2.15. The van der Waals surface area contributed by atoms with Gasteiger partial charge in [0.1, 0.15) is 5.75 Å². The van der Waals surface area contributed by atoms with Gasteiger partial charge in [-0.3, -0.25) is 9.78 Å². The van der Waals surface area contributed by atoms with Crippen LogP contribution < -0.4 is 15.4 Å². The molecule has 0 fully saturated rings. The molecule has 0 spiro atoms. The Kier molecular flexibility index (Phi) is 6.18. The summed E-state index contributed by atoms with van der Waals surface area (Å²) < 4.78 is 5.58. The lowest BCUT2D eigenvalue weighted by atomic mass is 9.98. The van der Waals surface area contributed by atoms with Gasteiger partial charge in [-0.25, -0.2) is 0 Å². The number of amides is 1. The van der Waals surface area contributed by atoms with Crippen LogP contribution in [0.25, 0.3) is 10.9 Å². The summed E-state index contributed by atoms with van der Waals surface area (Å²) in [6.45, 7) is 2.05. The fourth-order valence-corrected chi connectivity index (χ4v) is 4.35. The van der Waals surface area contributed by atoms with E-state index in [4.69, 9.17) is 4.74 Å². The molecule has 0 aliphatic rings. The first kappa shape index (κ1) is 22.2. The molecule has 0 unspecified atom stereocenters. The van der Waals surface area contributed by atoms with Gasteiger partial charge in [-0.2, -0.15) is 0 Å². The number of anilines is 2. The third-order valence-electron chi connectivity index (χ3n) is 6.01. The molecule has 5 rings (SSSR count). The number of aryl methyl sites for hydroxylation is 1. The average Bonchev–Trinajstić information content (AvgIpc) is 3.23. The van der Waals surface area contributed by atoms with E-state index in [1.807, 2.05) is 78.9 Å². The van der Waals surface area contributed by atoms with Crippen molar-refractivity contribution < 1.29 is 9.53 Å². The number of ether oxygens (including phenoxy) is 1. The van der Waals surface area contributed by atoms with Crippen molar-refractivity contribution in [2.24, 2.45) is 0 Å². The van der Waals surface area contributed by atoms with Crippen molar-refractivity contribution in [3.05, 3.63) is 120 Å². The lowest BCUT2D eigenvalue weighted by molar-refractivity contribution is 0.102. The van der Waals surface area contributed by atoms with E-state index in [0.29, 0.717) is 5.56 Å². The molecule has 3 N–H and O–H groups in total. The van der Waals surface area contributed by atoms with Gasteiger partial charge in [-0.1, -0.05) is 36.4 Å². The van der Waals surface area contributed by atoms with Crippen LogP contribution in [0, 0.1) is 6.92 Å². The summed E-state index contributed by atoms with van der Waals surface area (Å²) in [6, 6.07) is 28.6. The van der Waals surface area contributed by atoms with Crippen LogP contribution in [0.3, 0.4) is 0 Å². The number of nitrogens with one attached hydrogen (secondary N) is 3. The number of hydrogen-bond donors (Lipinski definition) is 3. The monoisotopic (exact) mass is 462 g/mol. The summed E-state index contributed by atoms with van der Waals surface area (Å²) in [5, 5.41) is 7.67. The number of rotatable bonds is 7. The van der Waals surface area contributed by atoms with E-state index in [1.165, 1.54) is 0 Å². The number of aromatic nitrogens is 2. The smallest absolute Gasteiger partial charge is 0.255 e. The molecule has 174 valence electrons. The fraction of sp³-hybridized carbons (Fsp3) is 0.103. The van der Waals surface area contributed by atoms with Crippen LogP contribution in [0.15, 0.2) is 97.2 Å². The molecule has 0 bridgehead atoms. The SMILES string of the molecule is COc1ccccc1N[C@H](c1ccccn1)c1c(C)[nH]c2ccc(NC(=O)c3ccccc3)cc12. The Morgan fingerprint density at radius 2 is 1.71 bits per heavy atom. The van der Waals surface area contributed by atoms with Gasteiger partial charge in [0.05, 0.1) is 24.5 Å². The summed E-state index contributed by atoms with van der Waals surface area (Å²) in [6.07, 6.45) is 1.79. The number of nitrogens with zero attached hydrogens (tertiary/aromatic N) is 1. The topological polar surface area (TPSA) is 79.0 Å². The van der Waals surface area contributed by atoms with E-state index < -0.39 is 0 Å². The number of para-hydroxylation sites is 2. The predicted octanol–water partition coefficient (Wildman–Crippen LogP) is 6.33. The highest BCUT2D eigenvalue weighted by Gasteiger charge is 2.23. The van der Waals surface area contributed by atoms with Gasteiger partial charge in [0, 0.05) is 39.6 Å². The molecule has 5 aromatic rings. The number of carbonyl (C=O) groups is 1. The quantitative estimate of drug-likeness (QED) is 0.264. The number of H-pyrrole nitrogens is 1. The first-order valence-electron chi connectivity index (χ1n) is 11.4. The van der Waals surface area contributed by atoms with E-state index in [9.17, 15) is 4.79 Å². The second-order valence-electron chi connectivity index (χ2n) is 8.28. The third-order valence-corrected chi connectivity index (χ3v) is 6.01. The van der Waals surface area contributed by atoms with Crippen LogP contribution in [-0.2, 0) is 0 Å². The molecule has 0 saturated carbocycles. The number of pyridine rings is 1. The Morgan fingerprint density at radius 3 is 2.49 bits per heavy atom. The first-order chi connectivity index (χ1) is 17.1. The van der Waals surface area contributed by atoms with Crippen molar-refractivity contribution in [2.75, 3.05) is 17.7 Å². The largest absolute Gasteiger partial charge is 0.495 e. The minimum absolute atomic E-state index is 0.146. The molecule has 0 aliphatic heterocycles. The highest BCUT2D eigenvalue weighted by atomic mass is 16.5. The second kappa shape index (κ2) is 9.73. The van der Waals surface area contributed by atoms with Gasteiger partial charge < -0.3 is 20.4 Å². The number of methoxy groups -OCH3 is 1. The Balaban J connectivity index is 1.58. The molecule has 6 heteroatoms. The van der Waals surface area contributed by atoms with Crippen LogP contribution in [0.2, 0.25) is 0 Å². The minimum atomic E-state index is -0.249. The zero-order valence-electron chi connectivity index (χ0n) is 19.6. The standard InChI is InChI=1S/C29H26N4O2/c1-19-27(28(25-13-8-9-17-30-25)33-24-12-6-7-14-26(24)35-2)22-18-21(15-16-23(22)31-19)32-29(34)20-10-4-3-5-11-20/h3-18,28,31,33H,1-2H3,(H,32,34)/t28-/m1/s1. The van der Waals surface area contributed by atoms with Crippen LogP contribution in [0.5, 0.6) is 5.75 Å². The maximum Gasteiger partial charge on any atom is 0.255 e. The molecule has 0 radical (unpaired) electrons. The predicted molar refractivity (Wildman–Crippen MR) is 140 cm³/mol. The summed E-state index contributed by atoms with van der Waals surface area (Å²) >= 11 is 0. The summed E-state index contributed by atoms with van der Waals surface area (Å²) in [5.74, 6) is 0.605. The average molecular weight is 463 g/mol. The number of hydrogen-bond acceptors (Lipinski definition) is 4. The van der Waals surface area contributed by atoms with Gasteiger partial charge in [-0.05, 0) is 61.5 Å². The van der Waals surface area contributed by atoms with Crippen molar-refractivity contribution in [2.45, 2.75) is 13.0 Å². The molecule has 3 aromatic carbocycles. The van der Waals surface area contributed by atoms with Crippen molar-refractivity contribution >= 4 is 28.2 Å². The Labute approximate surface area is 204 Å². The molecule has 1 amide bonds. The van der Waals surface area contributed by atoms with Crippen molar-refractivity contribution in [1.29, 1.82) is 0 Å². The summed E-state index contributed by atoms with van der Waals surface area (Å²) in [4.78, 5) is 20.9. The molecule has 6 nitrogen and oxygen atoms in total. The zero-order chi connectivity index (χ0) is 24.2. The molecule has 35 heavy (non-hydrogen) atoms. The van der Waals surface area contributed by atoms with Crippen molar-refractivity contribution in [1.82, 2.24) is 9.97 Å². The van der Waals surface area contributed by atoms with Gasteiger partial charge in [-0.15, -0.1) is 0 Å². The van der Waals surface area contributed by atoms with Crippen LogP contribution in [0.1, 0.15) is 33.4 Å². The first-order valence-corrected chi connectivity index (χ1v) is 11.4. The zero-order valence-corrected chi connectivity index (χ0v) is 19.6. The van der Waals surface area contributed by atoms with E-state index in [2.05, 4.69) is 27.5 Å². The van der Waals surface area contributed by atoms with E-state index >= 15 is 0 Å². The van der Waals surface area contributed by atoms with Gasteiger partial charge in [0.25, 0.3) is 5.91 Å². The Hall–Kier alpha value is -4.58. The third kappa shape index (κ3) is 4.59. The molecule has 0 aliphatic carbocycles.